The van der Waals surface area contributed by atoms with Crippen LogP contribution < -0.4 is 5.32 Å². The van der Waals surface area contributed by atoms with Gasteiger partial charge < -0.3 is 10.1 Å². The lowest BCUT2D eigenvalue weighted by atomic mass is 10.0. The number of hydrogen-bond acceptors (Lipinski definition) is 7. The molecule has 0 saturated carbocycles. The molecule has 6 nitrogen and oxygen atoms in total. The second kappa shape index (κ2) is 9.89. The van der Waals surface area contributed by atoms with Gasteiger partial charge in [-0.2, -0.15) is 0 Å². The highest BCUT2D eigenvalue weighted by molar-refractivity contribution is 7.17. The van der Waals surface area contributed by atoms with Gasteiger partial charge in [0.25, 0.3) is 5.91 Å². The fourth-order valence-corrected chi connectivity index (χ4v) is 6.40. The lowest BCUT2D eigenvalue weighted by Crippen LogP contribution is -2.35. The highest BCUT2D eigenvalue weighted by Crippen LogP contribution is 2.39. The van der Waals surface area contributed by atoms with Crippen LogP contribution in [0.2, 0.25) is 0 Å². The van der Waals surface area contributed by atoms with E-state index in [4.69, 9.17) is 9.72 Å². The van der Waals surface area contributed by atoms with Crippen molar-refractivity contribution >= 4 is 50.5 Å². The molecule has 0 unspecified atom stereocenters. The molecule has 0 saturated heterocycles. The number of hydrogen-bond donors (Lipinski definition) is 1. The Labute approximate surface area is 212 Å². The Morgan fingerprint density at radius 3 is 2.77 bits per heavy atom. The maximum atomic E-state index is 13.7. The molecule has 8 heteroatoms. The van der Waals surface area contributed by atoms with Crippen LogP contribution in [0.1, 0.15) is 51.9 Å². The summed E-state index contributed by atoms with van der Waals surface area (Å²) < 4.78 is 5.39. The highest BCUT2D eigenvalue weighted by atomic mass is 32.1. The van der Waals surface area contributed by atoms with E-state index in [0.717, 1.165) is 51.4 Å². The van der Waals surface area contributed by atoms with Gasteiger partial charge in [0.15, 0.2) is 0 Å². The van der Waals surface area contributed by atoms with Gasteiger partial charge in [0.2, 0.25) is 0 Å². The van der Waals surface area contributed by atoms with Gasteiger partial charge in [0, 0.05) is 29.4 Å². The van der Waals surface area contributed by atoms with E-state index >= 15 is 0 Å². The minimum absolute atomic E-state index is 0.258. The Bertz CT molecular complexity index is 1390. The van der Waals surface area contributed by atoms with Crippen LogP contribution in [0.4, 0.5) is 5.00 Å². The SMILES string of the molecule is CCOC(=O)c1c(NC(=O)c2cc(-c3cccs3)nc3ccccc23)sc2c1CCN(C(C)C)C2. The molecule has 0 atom stereocenters. The van der Waals surface area contributed by atoms with Gasteiger partial charge in [-0.25, -0.2) is 9.78 Å². The van der Waals surface area contributed by atoms with Crippen molar-refractivity contribution in [3.05, 3.63) is 69.4 Å². The number of ether oxygens (including phenoxy) is 1. The molecular formula is C27H27N3O3S2. The van der Waals surface area contributed by atoms with Gasteiger partial charge in [-0.05, 0) is 56.3 Å². The Morgan fingerprint density at radius 2 is 2.03 bits per heavy atom. The number of carbonyl (C=O) groups is 2. The number of anilines is 1. The summed E-state index contributed by atoms with van der Waals surface area (Å²) in [7, 11) is 0. The molecular weight excluding hydrogens is 478 g/mol. The number of carbonyl (C=O) groups excluding carboxylic acids is 2. The number of benzene rings is 1. The van der Waals surface area contributed by atoms with Crippen LogP contribution in [-0.4, -0.2) is 41.0 Å². The molecule has 180 valence electrons. The van der Waals surface area contributed by atoms with E-state index in [2.05, 4.69) is 24.1 Å². The molecule has 1 aromatic carbocycles. The van der Waals surface area contributed by atoms with Crippen molar-refractivity contribution in [2.24, 2.45) is 0 Å². The molecule has 1 aliphatic heterocycles. The summed E-state index contributed by atoms with van der Waals surface area (Å²) in [6.07, 6.45) is 0.759. The Hall–Kier alpha value is -3.07. The zero-order valence-corrected chi connectivity index (χ0v) is 21.6. The number of amides is 1. The smallest absolute Gasteiger partial charge is 0.341 e. The van der Waals surface area contributed by atoms with Crippen molar-refractivity contribution in [2.75, 3.05) is 18.5 Å². The first-order chi connectivity index (χ1) is 17.0. The molecule has 4 heterocycles. The summed E-state index contributed by atoms with van der Waals surface area (Å²) in [5.41, 5.74) is 3.55. The molecule has 0 fully saturated rings. The summed E-state index contributed by atoms with van der Waals surface area (Å²) in [5, 5.41) is 6.39. The van der Waals surface area contributed by atoms with Crippen LogP contribution in [0.5, 0.6) is 0 Å². The normalized spacial score (nSPS) is 13.7. The number of pyridine rings is 1. The number of para-hydroxylation sites is 1. The zero-order valence-electron chi connectivity index (χ0n) is 20.0. The van der Waals surface area contributed by atoms with Crippen molar-refractivity contribution in [1.29, 1.82) is 0 Å². The van der Waals surface area contributed by atoms with Crippen LogP contribution in [0, 0.1) is 0 Å². The zero-order chi connectivity index (χ0) is 24.5. The molecule has 0 radical (unpaired) electrons. The quantitative estimate of drug-likeness (QED) is 0.315. The van der Waals surface area contributed by atoms with Crippen molar-refractivity contribution in [2.45, 2.75) is 39.8 Å². The first-order valence-corrected chi connectivity index (χ1v) is 13.5. The average molecular weight is 506 g/mol. The summed E-state index contributed by atoms with van der Waals surface area (Å²) in [6, 6.07) is 13.9. The van der Waals surface area contributed by atoms with Crippen molar-refractivity contribution in [3.8, 4) is 10.6 Å². The molecule has 35 heavy (non-hydrogen) atoms. The van der Waals surface area contributed by atoms with Gasteiger partial charge in [0.05, 0.1) is 33.8 Å². The standard InChI is InChI=1S/C27H27N3O3S2/c1-4-33-27(32)24-18-11-12-30(16(2)3)15-23(18)35-26(24)29-25(31)19-14-21(22-10-7-13-34-22)28-20-9-6-5-8-17(19)20/h5-10,13-14,16H,4,11-12,15H2,1-3H3,(H,29,31). The second-order valence-electron chi connectivity index (χ2n) is 8.75. The van der Waals surface area contributed by atoms with E-state index < -0.39 is 0 Å². The third kappa shape index (κ3) is 4.61. The van der Waals surface area contributed by atoms with Crippen LogP contribution in [0.3, 0.4) is 0 Å². The molecule has 3 aromatic heterocycles. The van der Waals surface area contributed by atoms with Gasteiger partial charge in [-0.3, -0.25) is 9.69 Å². The lowest BCUT2D eigenvalue weighted by molar-refractivity contribution is 0.0526. The van der Waals surface area contributed by atoms with E-state index in [1.807, 2.05) is 47.8 Å². The van der Waals surface area contributed by atoms with E-state index in [0.29, 0.717) is 22.2 Å². The van der Waals surface area contributed by atoms with Gasteiger partial charge in [-0.15, -0.1) is 22.7 Å². The molecule has 1 N–H and O–H groups in total. The van der Waals surface area contributed by atoms with E-state index in [1.54, 1.807) is 18.3 Å². The number of thiophene rings is 2. The molecule has 0 bridgehead atoms. The van der Waals surface area contributed by atoms with Crippen molar-refractivity contribution in [3.63, 3.8) is 0 Å². The third-order valence-electron chi connectivity index (χ3n) is 6.26. The predicted molar refractivity (Wildman–Crippen MR) is 143 cm³/mol. The Balaban J connectivity index is 1.56. The fourth-order valence-electron chi connectivity index (χ4n) is 4.46. The Kier molecular flexibility index (Phi) is 6.69. The molecule has 0 spiro atoms. The maximum absolute atomic E-state index is 13.7. The van der Waals surface area contributed by atoms with E-state index in [9.17, 15) is 9.59 Å². The highest BCUT2D eigenvalue weighted by Gasteiger charge is 2.30. The topological polar surface area (TPSA) is 71.5 Å². The van der Waals surface area contributed by atoms with Gasteiger partial charge in [0.1, 0.15) is 5.00 Å². The predicted octanol–water partition coefficient (Wildman–Crippen LogP) is 6.22. The first kappa shape index (κ1) is 23.7. The minimum Gasteiger partial charge on any atom is -0.462 e. The number of rotatable bonds is 6. The molecule has 5 rings (SSSR count). The monoisotopic (exact) mass is 505 g/mol. The van der Waals surface area contributed by atoms with Crippen LogP contribution in [0.25, 0.3) is 21.5 Å². The number of nitrogens with zero attached hydrogens (tertiary/aromatic N) is 2. The maximum Gasteiger partial charge on any atom is 0.341 e. The van der Waals surface area contributed by atoms with Crippen molar-refractivity contribution in [1.82, 2.24) is 9.88 Å². The van der Waals surface area contributed by atoms with Gasteiger partial charge >= 0.3 is 5.97 Å². The number of aromatic nitrogens is 1. The third-order valence-corrected chi connectivity index (χ3v) is 8.28. The largest absolute Gasteiger partial charge is 0.462 e. The molecule has 4 aromatic rings. The van der Waals surface area contributed by atoms with Gasteiger partial charge in [-0.1, -0.05) is 24.3 Å². The van der Waals surface area contributed by atoms with Crippen LogP contribution in [-0.2, 0) is 17.7 Å². The van der Waals surface area contributed by atoms with Crippen molar-refractivity contribution < 1.29 is 14.3 Å². The summed E-state index contributed by atoms with van der Waals surface area (Å²) in [4.78, 5) is 35.9. The summed E-state index contributed by atoms with van der Waals surface area (Å²) in [5.74, 6) is -0.636. The summed E-state index contributed by atoms with van der Waals surface area (Å²) in [6.45, 7) is 8.07. The summed E-state index contributed by atoms with van der Waals surface area (Å²) >= 11 is 3.06. The first-order valence-electron chi connectivity index (χ1n) is 11.8. The number of nitrogens with one attached hydrogen (secondary N) is 1. The number of esters is 1. The second-order valence-corrected chi connectivity index (χ2v) is 10.8. The lowest BCUT2D eigenvalue weighted by Gasteiger charge is -2.30. The van der Waals surface area contributed by atoms with E-state index in [1.165, 1.54) is 11.3 Å². The Morgan fingerprint density at radius 1 is 1.20 bits per heavy atom. The van der Waals surface area contributed by atoms with E-state index in [-0.39, 0.29) is 18.5 Å². The average Bonchev–Trinajstić information content (AvgIpc) is 3.51. The minimum atomic E-state index is -0.378. The molecule has 1 aliphatic rings. The van der Waals surface area contributed by atoms with Crippen LogP contribution in [0.15, 0.2) is 47.8 Å². The van der Waals surface area contributed by atoms with Crippen LogP contribution >= 0.6 is 22.7 Å². The fraction of sp³-hybridized carbons (Fsp3) is 0.296. The molecule has 0 aliphatic carbocycles. The number of fused-ring (bicyclic) bond motifs is 2. The molecule has 1 amide bonds.